The molecule has 7 aromatic carbocycles. The molecule has 0 amide bonds. The number of pyridine rings is 3. The highest BCUT2D eigenvalue weighted by Crippen LogP contribution is 2.45. The topological polar surface area (TPSA) is 43.6 Å². The molecule has 0 spiro atoms. The minimum Gasteiger partial charge on any atom is -0.294 e. The molecule has 256 valence electrons. The SMILES string of the molecule is c1ccc(-c2nccc3c2c2ccccc2n3-c2cccc(-c3cccc(-c4c5ccccc5c(-c5ccc6ccccc6c5)c5ccccc45)c3)n2)nc1. The molecule has 0 radical (unpaired) electrons. The highest BCUT2D eigenvalue weighted by molar-refractivity contribution is 6.22. The van der Waals surface area contributed by atoms with Crippen molar-refractivity contribution >= 4 is 54.1 Å². The fraction of sp³-hybridized carbons (Fsp3) is 0. The Morgan fingerprint density at radius 3 is 1.73 bits per heavy atom. The molecule has 11 aromatic rings. The number of para-hydroxylation sites is 1. The number of fused-ring (bicyclic) bond motifs is 6. The lowest BCUT2D eigenvalue weighted by atomic mass is 9.85. The third kappa shape index (κ3) is 5.03. The summed E-state index contributed by atoms with van der Waals surface area (Å²) in [7, 11) is 0. The fourth-order valence-electron chi connectivity index (χ4n) is 8.49. The zero-order valence-electron chi connectivity index (χ0n) is 29.8. The van der Waals surface area contributed by atoms with Crippen molar-refractivity contribution in [3.05, 3.63) is 194 Å². The van der Waals surface area contributed by atoms with Crippen LogP contribution in [0.2, 0.25) is 0 Å². The van der Waals surface area contributed by atoms with E-state index in [-0.39, 0.29) is 0 Å². The van der Waals surface area contributed by atoms with Gasteiger partial charge in [0.2, 0.25) is 0 Å². The van der Waals surface area contributed by atoms with Gasteiger partial charge in [0.25, 0.3) is 0 Å². The van der Waals surface area contributed by atoms with Gasteiger partial charge in [0.15, 0.2) is 0 Å². The Labute approximate surface area is 317 Å². The maximum absolute atomic E-state index is 5.35. The van der Waals surface area contributed by atoms with E-state index in [0.29, 0.717) is 0 Å². The maximum Gasteiger partial charge on any atom is 0.138 e. The normalized spacial score (nSPS) is 11.6. The fourth-order valence-corrected chi connectivity index (χ4v) is 8.49. The Morgan fingerprint density at radius 1 is 0.364 bits per heavy atom. The predicted molar refractivity (Wildman–Crippen MR) is 228 cm³/mol. The molecule has 0 saturated carbocycles. The number of hydrogen-bond acceptors (Lipinski definition) is 3. The Bertz CT molecular complexity index is 3210. The number of aromatic nitrogens is 4. The summed E-state index contributed by atoms with van der Waals surface area (Å²) < 4.78 is 2.25. The van der Waals surface area contributed by atoms with Crippen LogP contribution in [0.4, 0.5) is 0 Å². The van der Waals surface area contributed by atoms with E-state index in [2.05, 4.69) is 173 Å². The van der Waals surface area contributed by atoms with E-state index in [0.717, 1.165) is 55.8 Å². The number of benzene rings is 7. The van der Waals surface area contributed by atoms with Crippen LogP contribution in [0.25, 0.3) is 105 Å². The Morgan fingerprint density at radius 2 is 0.982 bits per heavy atom. The highest BCUT2D eigenvalue weighted by Gasteiger charge is 2.20. The first kappa shape index (κ1) is 31.1. The van der Waals surface area contributed by atoms with Gasteiger partial charge in [-0.15, -0.1) is 0 Å². The van der Waals surface area contributed by atoms with E-state index < -0.39 is 0 Å². The molecule has 0 unspecified atom stereocenters. The zero-order chi connectivity index (χ0) is 36.3. The van der Waals surface area contributed by atoms with Crippen LogP contribution >= 0.6 is 0 Å². The molecule has 0 aliphatic carbocycles. The van der Waals surface area contributed by atoms with E-state index >= 15 is 0 Å². The summed E-state index contributed by atoms with van der Waals surface area (Å²) >= 11 is 0. The lowest BCUT2D eigenvalue weighted by molar-refractivity contribution is 1.08. The van der Waals surface area contributed by atoms with Gasteiger partial charge in [0.1, 0.15) is 5.82 Å². The molecule has 0 aliphatic heterocycles. The molecule has 4 heteroatoms. The second-order valence-electron chi connectivity index (χ2n) is 14.0. The molecule has 11 rings (SSSR count). The van der Waals surface area contributed by atoms with Crippen LogP contribution in [0.3, 0.4) is 0 Å². The summed E-state index contributed by atoms with van der Waals surface area (Å²) in [6.45, 7) is 0. The van der Waals surface area contributed by atoms with Gasteiger partial charge < -0.3 is 0 Å². The van der Waals surface area contributed by atoms with E-state index in [1.54, 1.807) is 0 Å². The monoisotopic (exact) mass is 700 g/mol. The molecule has 0 fully saturated rings. The van der Waals surface area contributed by atoms with E-state index in [9.17, 15) is 0 Å². The number of hydrogen-bond donors (Lipinski definition) is 0. The van der Waals surface area contributed by atoms with Crippen LogP contribution in [0.15, 0.2) is 194 Å². The summed E-state index contributed by atoms with van der Waals surface area (Å²) in [5, 5.41) is 9.60. The first-order valence-electron chi connectivity index (χ1n) is 18.6. The first-order chi connectivity index (χ1) is 27.3. The summed E-state index contributed by atoms with van der Waals surface area (Å²) in [5.41, 5.74) is 10.7. The van der Waals surface area contributed by atoms with Crippen LogP contribution in [0.1, 0.15) is 0 Å². The standard InChI is InChI=1S/C51H32N4/c1-2-14-34-31-37(27-26-33(34)13-1)49-40-19-5-3-17-38(40)48(39-18-4-6-20-41(39)49)36-16-11-15-35(32-36)43-23-12-25-47(54-43)55-45-24-8-7-21-42(45)50-46(55)28-30-53-51(50)44-22-9-10-29-52-44/h1-32H. The third-order valence-electron chi connectivity index (χ3n) is 10.9. The van der Waals surface area contributed by atoms with Gasteiger partial charge in [0, 0.05) is 28.7 Å². The zero-order valence-corrected chi connectivity index (χ0v) is 29.8. The van der Waals surface area contributed by atoms with Crippen LogP contribution in [0.5, 0.6) is 0 Å². The molecular formula is C51H32N4. The molecular weight excluding hydrogens is 669 g/mol. The Kier molecular flexibility index (Phi) is 7.14. The van der Waals surface area contributed by atoms with Gasteiger partial charge in [-0.2, -0.15) is 0 Å². The van der Waals surface area contributed by atoms with Crippen LogP contribution < -0.4 is 0 Å². The van der Waals surface area contributed by atoms with E-state index in [1.807, 2.05) is 30.6 Å². The molecule has 4 aromatic heterocycles. The van der Waals surface area contributed by atoms with Gasteiger partial charge >= 0.3 is 0 Å². The van der Waals surface area contributed by atoms with E-state index in [1.165, 1.54) is 49.0 Å². The van der Waals surface area contributed by atoms with Crippen LogP contribution in [0, 0.1) is 0 Å². The third-order valence-corrected chi connectivity index (χ3v) is 10.9. The number of nitrogens with zero attached hydrogens (tertiary/aromatic N) is 4. The average molecular weight is 701 g/mol. The summed E-state index contributed by atoms with van der Waals surface area (Å²) in [6, 6.07) is 64.8. The van der Waals surface area contributed by atoms with Crippen molar-refractivity contribution in [3.8, 4) is 50.7 Å². The lowest BCUT2D eigenvalue weighted by Crippen LogP contribution is -1.99. The minimum atomic E-state index is 0.847. The van der Waals surface area contributed by atoms with Crippen molar-refractivity contribution in [2.45, 2.75) is 0 Å². The summed E-state index contributed by atoms with van der Waals surface area (Å²) in [4.78, 5) is 14.8. The van der Waals surface area contributed by atoms with Gasteiger partial charge in [-0.1, -0.05) is 133 Å². The molecule has 0 atom stereocenters. The van der Waals surface area contributed by atoms with Gasteiger partial charge in [-0.3, -0.25) is 14.5 Å². The second kappa shape index (κ2) is 12.6. The van der Waals surface area contributed by atoms with Gasteiger partial charge in [0.05, 0.1) is 28.1 Å². The van der Waals surface area contributed by atoms with Crippen molar-refractivity contribution < 1.29 is 0 Å². The molecule has 4 nitrogen and oxygen atoms in total. The highest BCUT2D eigenvalue weighted by atomic mass is 15.1. The Hall–Kier alpha value is -7.43. The van der Waals surface area contributed by atoms with Crippen LogP contribution in [-0.4, -0.2) is 19.5 Å². The van der Waals surface area contributed by atoms with Crippen molar-refractivity contribution in [1.29, 1.82) is 0 Å². The molecule has 0 aliphatic rings. The predicted octanol–water partition coefficient (Wildman–Crippen LogP) is 13.1. The lowest BCUT2D eigenvalue weighted by Gasteiger charge is -2.18. The molecule has 4 heterocycles. The summed E-state index contributed by atoms with van der Waals surface area (Å²) in [6.07, 6.45) is 3.69. The van der Waals surface area contributed by atoms with Crippen molar-refractivity contribution in [2.24, 2.45) is 0 Å². The van der Waals surface area contributed by atoms with Gasteiger partial charge in [-0.25, -0.2) is 4.98 Å². The molecule has 0 saturated heterocycles. The first-order valence-corrected chi connectivity index (χ1v) is 18.6. The van der Waals surface area contributed by atoms with E-state index in [4.69, 9.17) is 9.97 Å². The van der Waals surface area contributed by atoms with Crippen molar-refractivity contribution in [1.82, 2.24) is 19.5 Å². The van der Waals surface area contributed by atoms with Gasteiger partial charge in [-0.05, 0) is 103 Å². The average Bonchev–Trinajstić information content (AvgIpc) is 3.60. The van der Waals surface area contributed by atoms with Crippen molar-refractivity contribution in [3.63, 3.8) is 0 Å². The molecule has 55 heavy (non-hydrogen) atoms. The smallest absolute Gasteiger partial charge is 0.138 e. The molecule has 0 bridgehead atoms. The number of rotatable bonds is 5. The molecule has 0 N–H and O–H groups in total. The summed E-state index contributed by atoms with van der Waals surface area (Å²) in [5.74, 6) is 0.850. The Balaban J connectivity index is 1.08. The second-order valence-corrected chi connectivity index (χ2v) is 14.0. The van der Waals surface area contributed by atoms with Crippen molar-refractivity contribution in [2.75, 3.05) is 0 Å². The largest absolute Gasteiger partial charge is 0.294 e. The van der Waals surface area contributed by atoms with Crippen LogP contribution in [-0.2, 0) is 0 Å². The maximum atomic E-state index is 5.35. The minimum absolute atomic E-state index is 0.847. The quantitative estimate of drug-likeness (QED) is 0.168.